The standard InChI is InChI=1S/C23H35FN8O/c1-3-17(18-8-7-13-25-18)28-22-30-21(27-15-10-11-19(33-2)16(24)14-15)31-23(32-22)29-20-9-5-4-6-12-26-20/h10-11,14,17-18,20,25-26H,3-9,12-13H2,1-2H3,(H3,27,28,29,30,31,32). The molecular weight excluding hydrogens is 423 g/mol. The minimum atomic E-state index is -0.450. The Hall–Kier alpha value is -2.72. The van der Waals surface area contributed by atoms with Crippen LogP contribution in [0, 0.1) is 5.82 Å². The molecule has 2 aliphatic heterocycles. The topological polar surface area (TPSA) is 108 Å². The van der Waals surface area contributed by atoms with Gasteiger partial charge in [0.15, 0.2) is 11.6 Å². The molecule has 2 aliphatic rings. The maximum atomic E-state index is 14.2. The maximum absolute atomic E-state index is 14.2. The van der Waals surface area contributed by atoms with Gasteiger partial charge in [0, 0.05) is 23.8 Å². The second kappa shape index (κ2) is 11.4. The predicted molar refractivity (Wildman–Crippen MR) is 129 cm³/mol. The van der Waals surface area contributed by atoms with E-state index >= 15 is 0 Å². The van der Waals surface area contributed by atoms with Gasteiger partial charge in [0.05, 0.1) is 13.3 Å². The Kier molecular flexibility index (Phi) is 8.11. The second-order valence-corrected chi connectivity index (χ2v) is 8.64. The fraction of sp³-hybridized carbons (Fsp3) is 0.609. The Morgan fingerprint density at radius 1 is 1.03 bits per heavy atom. The number of ether oxygens (including phenoxy) is 1. The van der Waals surface area contributed by atoms with E-state index in [0.717, 1.165) is 38.8 Å². The van der Waals surface area contributed by atoms with Crippen molar-refractivity contribution in [3.05, 3.63) is 24.0 Å². The molecular formula is C23H35FN8O. The fourth-order valence-electron chi connectivity index (χ4n) is 4.45. The molecule has 0 radical (unpaired) electrons. The molecule has 0 bridgehead atoms. The van der Waals surface area contributed by atoms with Gasteiger partial charge in [-0.15, -0.1) is 0 Å². The first-order chi connectivity index (χ1) is 16.1. The molecule has 0 spiro atoms. The van der Waals surface area contributed by atoms with Gasteiger partial charge in [-0.2, -0.15) is 15.0 Å². The molecule has 2 fully saturated rings. The molecule has 3 atom stereocenters. The molecule has 33 heavy (non-hydrogen) atoms. The van der Waals surface area contributed by atoms with Crippen LogP contribution in [0.3, 0.4) is 0 Å². The zero-order valence-corrected chi connectivity index (χ0v) is 19.5. The Balaban J connectivity index is 1.56. The highest BCUT2D eigenvalue weighted by molar-refractivity contribution is 5.57. The molecule has 0 aliphatic carbocycles. The minimum absolute atomic E-state index is 0.104. The summed E-state index contributed by atoms with van der Waals surface area (Å²) in [6, 6.07) is 5.28. The van der Waals surface area contributed by atoms with Crippen molar-refractivity contribution in [3.8, 4) is 5.75 Å². The molecule has 4 rings (SSSR count). The average molecular weight is 459 g/mol. The fourth-order valence-corrected chi connectivity index (χ4v) is 4.45. The van der Waals surface area contributed by atoms with E-state index in [9.17, 15) is 4.39 Å². The Bertz CT molecular complexity index is 900. The van der Waals surface area contributed by atoms with E-state index in [0.29, 0.717) is 29.6 Å². The third-order valence-electron chi connectivity index (χ3n) is 6.25. The summed E-state index contributed by atoms with van der Waals surface area (Å²) in [6.07, 6.45) is 7.91. The van der Waals surface area contributed by atoms with Crippen LogP contribution in [0.2, 0.25) is 0 Å². The van der Waals surface area contributed by atoms with Gasteiger partial charge in [0.1, 0.15) is 0 Å². The largest absolute Gasteiger partial charge is 0.494 e. The summed E-state index contributed by atoms with van der Waals surface area (Å²) in [5.74, 6) is 1.07. The summed E-state index contributed by atoms with van der Waals surface area (Å²) in [7, 11) is 1.44. The zero-order valence-electron chi connectivity index (χ0n) is 19.5. The van der Waals surface area contributed by atoms with Crippen LogP contribution in [0.4, 0.5) is 27.9 Å². The number of halogens is 1. The molecule has 2 aromatic rings. The van der Waals surface area contributed by atoms with Gasteiger partial charge in [-0.1, -0.05) is 19.8 Å². The van der Waals surface area contributed by atoms with E-state index in [1.807, 2.05) is 0 Å². The van der Waals surface area contributed by atoms with E-state index in [1.54, 1.807) is 12.1 Å². The van der Waals surface area contributed by atoms with Gasteiger partial charge in [-0.25, -0.2) is 4.39 Å². The van der Waals surface area contributed by atoms with Crippen molar-refractivity contribution >= 4 is 23.5 Å². The highest BCUT2D eigenvalue weighted by Gasteiger charge is 2.24. The third-order valence-corrected chi connectivity index (χ3v) is 6.25. The lowest BCUT2D eigenvalue weighted by atomic mass is 10.0. The number of methoxy groups -OCH3 is 1. The summed E-state index contributed by atoms with van der Waals surface area (Å²) in [6.45, 7) is 4.16. The van der Waals surface area contributed by atoms with Crippen LogP contribution in [-0.4, -0.2) is 53.4 Å². The Morgan fingerprint density at radius 3 is 2.61 bits per heavy atom. The van der Waals surface area contributed by atoms with Crippen molar-refractivity contribution in [2.45, 2.75) is 70.1 Å². The van der Waals surface area contributed by atoms with Gasteiger partial charge in [0.2, 0.25) is 17.8 Å². The van der Waals surface area contributed by atoms with Crippen LogP contribution in [0.25, 0.3) is 0 Å². The number of hydrogen-bond donors (Lipinski definition) is 5. The number of nitrogens with one attached hydrogen (secondary N) is 5. The molecule has 1 aromatic carbocycles. The number of rotatable bonds is 9. The first-order valence-corrected chi connectivity index (χ1v) is 12.0. The van der Waals surface area contributed by atoms with Gasteiger partial charge in [-0.05, 0) is 57.3 Å². The van der Waals surface area contributed by atoms with Crippen molar-refractivity contribution in [1.82, 2.24) is 25.6 Å². The number of benzene rings is 1. The highest BCUT2D eigenvalue weighted by Crippen LogP contribution is 2.24. The average Bonchev–Trinajstić information content (AvgIpc) is 3.22. The smallest absolute Gasteiger partial charge is 0.233 e. The van der Waals surface area contributed by atoms with E-state index in [-0.39, 0.29) is 18.0 Å². The molecule has 1 aromatic heterocycles. The monoisotopic (exact) mass is 458 g/mol. The van der Waals surface area contributed by atoms with Crippen LogP contribution in [0.5, 0.6) is 5.75 Å². The molecule has 3 unspecified atom stereocenters. The highest BCUT2D eigenvalue weighted by atomic mass is 19.1. The van der Waals surface area contributed by atoms with Crippen molar-refractivity contribution in [2.75, 3.05) is 36.1 Å². The Morgan fingerprint density at radius 2 is 1.85 bits per heavy atom. The number of aromatic nitrogens is 3. The van der Waals surface area contributed by atoms with E-state index < -0.39 is 5.82 Å². The molecule has 180 valence electrons. The lowest BCUT2D eigenvalue weighted by Crippen LogP contribution is -2.40. The van der Waals surface area contributed by atoms with Gasteiger partial charge in [0.25, 0.3) is 0 Å². The summed E-state index contributed by atoms with van der Waals surface area (Å²) < 4.78 is 19.2. The van der Waals surface area contributed by atoms with Crippen molar-refractivity contribution in [2.24, 2.45) is 0 Å². The molecule has 0 amide bonds. The number of anilines is 4. The third kappa shape index (κ3) is 6.42. The van der Waals surface area contributed by atoms with Crippen LogP contribution < -0.4 is 31.3 Å². The molecule has 10 heteroatoms. The first-order valence-electron chi connectivity index (χ1n) is 12.0. The molecule has 9 nitrogen and oxygen atoms in total. The lowest BCUT2D eigenvalue weighted by molar-refractivity contribution is 0.386. The maximum Gasteiger partial charge on any atom is 0.233 e. The van der Waals surface area contributed by atoms with Gasteiger partial charge in [-0.3, -0.25) is 5.32 Å². The summed E-state index contributed by atoms with van der Waals surface area (Å²) >= 11 is 0. The van der Waals surface area contributed by atoms with Crippen molar-refractivity contribution in [3.63, 3.8) is 0 Å². The molecule has 3 heterocycles. The first kappa shape index (κ1) is 23.4. The summed E-state index contributed by atoms with van der Waals surface area (Å²) in [4.78, 5) is 13.8. The molecule has 5 N–H and O–H groups in total. The zero-order chi connectivity index (χ0) is 23.0. The van der Waals surface area contributed by atoms with Crippen LogP contribution in [0.1, 0.15) is 51.9 Å². The van der Waals surface area contributed by atoms with E-state index in [4.69, 9.17) is 4.74 Å². The number of hydrogen-bond acceptors (Lipinski definition) is 9. The quantitative estimate of drug-likeness (QED) is 0.385. The predicted octanol–water partition coefficient (Wildman–Crippen LogP) is 3.61. The Labute approximate surface area is 194 Å². The van der Waals surface area contributed by atoms with Crippen molar-refractivity contribution < 1.29 is 9.13 Å². The van der Waals surface area contributed by atoms with Gasteiger partial charge >= 0.3 is 0 Å². The summed E-state index contributed by atoms with van der Waals surface area (Å²) in [5.41, 5.74) is 0.536. The molecule has 0 saturated carbocycles. The van der Waals surface area contributed by atoms with E-state index in [1.165, 1.54) is 32.4 Å². The van der Waals surface area contributed by atoms with Crippen LogP contribution >= 0.6 is 0 Å². The molecule has 2 saturated heterocycles. The lowest BCUT2D eigenvalue weighted by Gasteiger charge is -2.24. The van der Waals surface area contributed by atoms with Crippen LogP contribution in [-0.2, 0) is 0 Å². The normalized spacial score (nSPS) is 21.8. The number of nitrogens with zero attached hydrogens (tertiary/aromatic N) is 3. The SMILES string of the molecule is CCC(Nc1nc(Nc2ccc(OC)c(F)c2)nc(NC2CCCCCN2)n1)C1CCCN1. The summed E-state index contributed by atoms with van der Waals surface area (Å²) in [5, 5.41) is 17.1. The van der Waals surface area contributed by atoms with E-state index in [2.05, 4.69) is 48.5 Å². The minimum Gasteiger partial charge on any atom is -0.494 e. The van der Waals surface area contributed by atoms with Crippen molar-refractivity contribution in [1.29, 1.82) is 0 Å². The van der Waals surface area contributed by atoms with Crippen LogP contribution in [0.15, 0.2) is 18.2 Å². The van der Waals surface area contributed by atoms with Gasteiger partial charge < -0.3 is 26.0 Å². The second-order valence-electron chi connectivity index (χ2n) is 8.64.